The Bertz CT molecular complexity index is 1370. The molecule has 0 aliphatic carbocycles. The SMILES string of the molecule is Cn1c2nc(C/C(N)=C/NN)sc2c2cnn(Cc3ccc(OC(F)(F)F)cc3)c(=O)c21. The van der Waals surface area contributed by atoms with Crippen LogP contribution in [0.25, 0.3) is 21.3 Å². The van der Waals surface area contributed by atoms with Gasteiger partial charge in [0, 0.05) is 30.8 Å². The minimum Gasteiger partial charge on any atom is -0.406 e. The van der Waals surface area contributed by atoms with Crippen molar-refractivity contribution < 1.29 is 17.9 Å². The largest absolute Gasteiger partial charge is 0.573 e. The van der Waals surface area contributed by atoms with Crippen LogP contribution >= 0.6 is 11.3 Å². The van der Waals surface area contributed by atoms with Crippen molar-refractivity contribution in [3.05, 3.63) is 63.3 Å². The molecule has 4 rings (SSSR count). The van der Waals surface area contributed by atoms with Crippen LogP contribution in [0.4, 0.5) is 13.2 Å². The number of thiazole rings is 1. The van der Waals surface area contributed by atoms with Gasteiger partial charge in [-0.3, -0.25) is 10.6 Å². The number of fused-ring (bicyclic) bond motifs is 3. The molecule has 0 unspecified atom stereocenters. The topological polar surface area (TPSA) is 126 Å². The predicted molar refractivity (Wildman–Crippen MR) is 114 cm³/mol. The van der Waals surface area contributed by atoms with E-state index in [9.17, 15) is 18.0 Å². The van der Waals surface area contributed by atoms with E-state index in [4.69, 9.17) is 11.6 Å². The molecule has 0 spiro atoms. The van der Waals surface area contributed by atoms with Gasteiger partial charge >= 0.3 is 6.36 Å². The molecule has 1 aromatic carbocycles. The Kier molecular flexibility index (Phi) is 5.52. The molecule has 9 nitrogen and oxygen atoms in total. The average molecular weight is 465 g/mol. The Morgan fingerprint density at radius 2 is 2.03 bits per heavy atom. The van der Waals surface area contributed by atoms with E-state index in [1.54, 1.807) is 17.8 Å². The van der Waals surface area contributed by atoms with Gasteiger partial charge in [-0.25, -0.2) is 9.67 Å². The zero-order valence-corrected chi connectivity index (χ0v) is 17.5. The molecule has 0 fully saturated rings. The quantitative estimate of drug-likeness (QED) is 0.294. The molecule has 0 amide bonds. The maximum absolute atomic E-state index is 13.1. The highest BCUT2D eigenvalue weighted by molar-refractivity contribution is 7.19. The highest BCUT2D eigenvalue weighted by atomic mass is 32.1. The third-order valence-corrected chi connectivity index (χ3v) is 5.76. The van der Waals surface area contributed by atoms with Gasteiger partial charge in [0.2, 0.25) is 0 Å². The molecule has 0 bridgehead atoms. The van der Waals surface area contributed by atoms with Gasteiger partial charge in [-0.15, -0.1) is 24.5 Å². The predicted octanol–water partition coefficient (Wildman–Crippen LogP) is 2.10. The summed E-state index contributed by atoms with van der Waals surface area (Å²) in [5, 5.41) is 5.68. The second-order valence-electron chi connectivity index (χ2n) is 6.94. The van der Waals surface area contributed by atoms with E-state index in [2.05, 4.69) is 20.2 Å². The van der Waals surface area contributed by atoms with Crippen LogP contribution in [-0.4, -0.2) is 25.7 Å². The fraction of sp³-hybridized carbons (Fsp3) is 0.211. The molecule has 3 heterocycles. The average Bonchev–Trinajstić information content (AvgIpc) is 3.23. The number of hydrogen-bond acceptors (Lipinski definition) is 8. The standard InChI is InChI=1S/C19H18F3N7O2S/c1-28-15-13(16-17(28)27-14(32-16)6-11(23)7-25-24)8-26-29(18(15)30)9-10-2-4-12(5-3-10)31-19(20,21)22/h2-5,7-8,25H,6,9,23-24H2,1H3/b11-7-. The van der Waals surface area contributed by atoms with Crippen molar-refractivity contribution in [3.8, 4) is 5.75 Å². The fourth-order valence-electron chi connectivity index (χ4n) is 3.32. The normalized spacial score (nSPS) is 12.6. The summed E-state index contributed by atoms with van der Waals surface area (Å²) >= 11 is 1.41. The lowest BCUT2D eigenvalue weighted by Crippen LogP contribution is -2.24. The maximum atomic E-state index is 13.1. The first-order chi connectivity index (χ1) is 15.2. The van der Waals surface area contributed by atoms with E-state index >= 15 is 0 Å². The molecule has 0 aliphatic heterocycles. The number of aromatic nitrogens is 4. The first kappa shape index (κ1) is 21.6. The van der Waals surface area contributed by atoms with Crippen LogP contribution < -0.4 is 27.3 Å². The summed E-state index contributed by atoms with van der Waals surface area (Å²) in [6, 6.07) is 5.28. The number of allylic oxidation sites excluding steroid dienone is 1. The van der Waals surface area contributed by atoms with Crippen LogP contribution in [0.15, 0.2) is 47.2 Å². The number of ether oxygens (including phenoxy) is 1. The Hall–Kier alpha value is -3.58. The van der Waals surface area contributed by atoms with Crippen LogP contribution in [0, 0.1) is 0 Å². The number of alkyl halides is 3. The molecule has 13 heteroatoms. The zero-order valence-electron chi connectivity index (χ0n) is 16.7. The summed E-state index contributed by atoms with van der Waals surface area (Å²) in [7, 11) is 1.74. The number of benzene rings is 1. The molecule has 0 saturated heterocycles. The lowest BCUT2D eigenvalue weighted by atomic mass is 10.2. The van der Waals surface area contributed by atoms with Crippen molar-refractivity contribution >= 4 is 32.6 Å². The van der Waals surface area contributed by atoms with E-state index in [-0.39, 0.29) is 17.9 Å². The highest BCUT2D eigenvalue weighted by Crippen LogP contribution is 2.31. The van der Waals surface area contributed by atoms with Gasteiger partial charge in [-0.1, -0.05) is 12.1 Å². The second-order valence-corrected chi connectivity index (χ2v) is 8.03. The van der Waals surface area contributed by atoms with Crippen LogP contribution in [0.2, 0.25) is 0 Å². The molecule has 0 atom stereocenters. The van der Waals surface area contributed by atoms with Gasteiger partial charge in [-0.2, -0.15) is 5.10 Å². The summed E-state index contributed by atoms with van der Waals surface area (Å²) < 4.78 is 44.6. The highest BCUT2D eigenvalue weighted by Gasteiger charge is 2.31. The molecule has 4 aromatic rings. The molecule has 0 aliphatic rings. The fourth-order valence-corrected chi connectivity index (χ4v) is 4.46. The minimum atomic E-state index is -4.76. The van der Waals surface area contributed by atoms with E-state index in [0.29, 0.717) is 34.2 Å². The van der Waals surface area contributed by atoms with E-state index in [1.165, 1.54) is 46.5 Å². The number of hydrogen-bond donors (Lipinski definition) is 3. The first-order valence-corrected chi connectivity index (χ1v) is 10.1. The Labute approximate surface area is 182 Å². The van der Waals surface area contributed by atoms with Gasteiger partial charge in [0.15, 0.2) is 5.65 Å². The van der Waals surface area contributed by atoms with Gasteiger partial charge in [0.25, 0.3) is 5.56 Å². The number of nitrogens with zero attached hydrogens (tertiary/aromatic N) is 4. The summed E-state index contributed by atoms with van der Waals surface area (Å²) in [6.45, 7) is 0.0893. The zero-order chi connectivity index (χ0) is 23.0. The maximum Gasteiger partial charge on any atom is 0.573 e. The third-order valence-electron chi connectivity index (χ3n) is 4.68. The molecular formula is C19H18F3N7O2S. The van der Waals surface area contributed by atoms with Crippen molar-refractivity contribution in [3.63, 3.8) is 0 Å². The van der Waals surface area contributed by atoms with Crippen molar-refractivity contribution in [1.82, 2.24) is 24.8 Å². The van der Waals surface area contributed by atoms with Gasteiger partial charge in [0.1, 0.15) is 16.3 Å². The number of rotatable bonds is 6. The molecule has 3 aromatic heterocycles. The summed E-state index contributed by atoms with van der Waals surface area (Å²) in [5.74, 6) is 4.90. The van der Waals surface area contributed by atoms with Crippen LogP contribution in [0.5, 0.6) is 5.75 Å². The molecule has 0 radical (unpaired) electrons. The van der Waals surface area contributed by atoms with E-state index in [0.717, 1.165) is 9.71 Å². The second kappa shape index (κ2) is 8.16. The molecule has 5 N–H and O–H groups in total. The van der Waals surface area contributed by atoms with Crippen molar-refractivity contribution in [1.29, 1.82) is 0 Å². The summed E-state index contributed by atoms with van der Waals surface area (Å²) in [5.41, 5.74) is 10.1. The third kappa shape index (κ3) is 4.24. The first-order valence-electron chi connectivity index (χ1n) is 9.25. The van der Waals surface area contributed by atoms with Gasteiger partial charge in [-0.05, 0) is 17.7 Å². The number of nitrogens with one attached hydrogen (secondary N) is 1. The van der Waals surface area contributed by atoms with E-state index in [1.807, 2.05) is 0 Å². The monoisotopic (exact) mass is 465 g/mol. The number of nitrogens with two attached hydrogens (primary N) is 2. The van der Waals surface area contributed by atoms with Crippen LogP contribution in [-0.2, 0) is 20.0 Å². The molecule has 32 heavy (non-hydrogen) atoms. The lowest BCUT2D eigenvalue weighted by Gasteiger charge is -2.10. The molecule has 168 valence electrons. The van der Waals surface area contributed by atoms with Crippen LogP contribution in [0.1, 0.15) is 10.6 Å². The lowest BCUT2D eigenvalue weighted by molar-refractivity contribution is -0.274. The Morgan fingerprint density at radius 1 is 1.31 bits per heavy atom. The smallest absolute Gasteiger partial charge is 0.406 e. The summed E-state index contributed by atoms with van der Waals surface area (Å²) in [4.78, 5) is 17.6. The summed E-state index contributed by atoms with van der Waals surface area (Å²) in [6.07, 6.45) is -1.29. The van der Waals surface area contributed by atoms with Gasteiger partial charge in [0.05, 0.1) is 17.4 Å². The minimum absolute atomic E-state index is 0.0893. The Balaban J connectivity index is 1.65. The van der Waals surface area contributed by atoms with E-state index < -0.39 is 6.36 Å². The number of hydrazine groups is 1. The van der Waals surface area contributed by atoms with Crippen molar-refractivity contribution in [2.45, 2.75) is 19.3 Å². The number of aryl methyl sites for hydroxylation is 1. The Morgan fingerprint density at radius 3 is 2.69 bits per heavy atom. The number of halogens is 3. The van der Waals surface area contributed by atoms with Gasteiger partial charge < -0.3 is 20.5 Å². The van der Waals surface area contributed by atoms with Crippen molar-refractivity contribution in [2.24, 2.45) is 18.6 Å². The molecule has 0 saturated carbocycles. The van der Waals surface area contributed by atoms with Crippen LogP contribution in [0.3, 0.4) is 0 Å². The molecular weight excluding hydrogens is 447 g/mol. The van der Waals surface area contributed by atoms with Crippen molar-refractivity contribution in [2.75, 3.05) is 0 Å².